The van der Waals surface area contributed by atoms with Crippen molar-refractivity contribution >= 4 is 39.5 Å². The molecule has 0 fully saturated rings. The summed E-state index contributed by atoms with van der Waals surface area (Å²) in [6.07, 6.45) is 24.6. The largest absolute Gasteiger partial charge is 0.472 e. The molecule has 0 aliphatic heterocycles. The molecule has 0 bridgehead atoms. The van der Waals surface area contributed by atoms with Gasteiger partial charge in [-0.1, -0.05) is 182 Å². The normalized spacial score (nSPS) is 14.6. The van der Waals surface area contributed by atoms with Gasteiger partial charge in [0.1, 0.15) is 19.3 Å². The van der Waals surface area contributed by atoms with Crippen LogP contribution in [-0.4, -0.2) is 96.7 Å². The van der Waals surface area contributed by atoms with Gasteiger partial charge in [0.15, 0.2) is 12.2 Å². The smallest absolute Gasteiger partial charge is 0.462 e. The number of aliphatic hydroxyl groups excluding tert-OH is 1. The number of esters is 4. The maximum atomic E-state index is 12.8. The first kappa shape index (κ1) is 66.1. The second-order valence-corrected chi connectivity index (χ2v) is 20.8. The fourth-order valence-electron chi connectivity index (χ4n) is 6.98. The van der Waals surface area contributed by atoms with Crippen LogP contribution in [0.25, 0.3) is 0 Å². The summed E-state index contributed by atoms with van der Waals surface area (Å²) in [5.41, 5.74) is 0. The quantitative estimate of drug-likeness (QED) is 0.0222. The number of rotatable bonds is 50. The lowest BCUT2D eigenvalue weighted by Crippen LogP contribution is -2.30. The summed E-state index contributed by atoms with van der Waals surface area (Å²) in [6.45, 7) is 4.56. The number of carbonyl (C=O) groups is 4. The van der Waals surface area contributed by atoms with Crippen LogP contribution < -0.4 is 0 Å². The number of hydrogen-bond donors (Lipinski definition) is 3. The molecule has 0 aromatic rings. The number of aliphatic hydroxyl groups is 1. The third-order valence-corrected chi connectivity index (χ3v) is 13.0. The van der Waals surface area contributed by atoms with E-state index in [1.807, 2.05) is 6.92 Å². The topological polar surface area (TPSA) is 237 Å². The van der Waals surface area contributed by atoms with Crippen molar-refractivity contribution in [3.63, 3.8) is 0 Å². The Balaban J connectivity index is 5.12. The van der Waals surface area contributed by atoms with E-state index in [1.54, 1.807) is 0 Å². The van der Waals surface area contributed by atoms with Gasteiger partial charge in [0.2, 0.25) is 0 Å². The molecule has 0 saturated carbocycles. The number of phosphoric ester groups is 2. The molecule has 0 aromatic heterocycles. The van der Waals surface area contributed by atoms with Gasteiger partial charge >= 0.3 is 39.5 Å². The Morgan fingerprint density at radius 3 is 0.882 bits per heavy atom. The molecule has 0 saturated heterocycles. The Morgan fingerprint density at radius 1 is 0.353 bits per heavy atom. The molecule has 3 N–H and O–H groups in total. The first-order valence-electron chi connectivity index (χ1n) is 26.3. The molecule has 0 heterocycles. The lowest BCUT2D eigenvalue weighted by molar-refractivity contribution is -0.161. The maximum Gasteiger partial charge on any atom is 0.472 e. The highest BCUT2D eigenvalue weighted by atomic mass is 31.2. The van der Waals surface area contributed by atoms with E-state index in [4.69, 9.17) is 37.0 Å². The van der Waals surface area contributed by atoms with Gasteiger partial charge in [-0.2, -0.15) is 0 Å². The van der Waals surface area contributed by atoms with Gasteiger partial charge in [-0.25, -0.2) is 9.13 Å². The van der Waals surface area contributed by atoms with E-state index in [0.29, 0.717) is 25.7 Å². The summed E-state index contributed by atoms with van der Waals surface area (Å²) >= 11 is 0. The first-order chi connectivity index (χ1) is 32.7. The van der Waals surface area contributed by atoms with Crippen molar-refractivity contribution in [1.82, 2.24) is 0 Å². The highest BCUT2D eigenvalue weighted by Crippen LogP contribution is 2.45. The maximum absolute atomic E-state index is 12.8. The van der Waals surface area contributed by atoms with Crippen molar-refractivity contribution in [3.05, 3.63) is 0 Å². The van der Waals surface area contributed by atoms with Gasteiger partial charge in [-0.3, -0.25) is 37.3 Å². The number of carbonyl (C=O) groups excluding carboxylic acids is 4. The van der Waals surface area contributed by atoms with E-state index in [2.05, 4.69) is 20.8 Å². The van der Waals surface area contributed by atoms with Crippen LogP contribution in [0, 0.1) is 0 Å². The van der Waals surface area contributed by atoms with Crippen molar-refractivity contribution in [2.45, 2.75) is 251 Å². The van der Waals surface area contributed by atoms with Gasteiger partial charge < -0.3 is 33.8 Å². The Bertz CT molecular complexity index is 1350. The second-order valence-electron chi connectivity index (χ2n) is 17.8. The highest BCUT2D eigenvalue weighted by Gasteiger charge is 2.30. The molecule has 0 aromatic carbocycles. The zero-order valence-corrected chi connectivity index (χ0v) is 44.3. The predicted octanol–water partition coefficient (Wildman–Crippen LogP) is 12.1. The van der Waals surface area contributed by atoms with Crippen molar-refractivity contribution in [2.24, 2.45) is 0 Å². The van der Waals surface area contributed by atoms with E-state index in [0.717, 1.165) is 116 Å². The van der Waals surface area contributed by atoms with E-state index in [1.165, 1.54) is 38.5 Å². The van der Waals surface area contributed by atoms with Crippen molar-refractivity contribution in [3.8, 4) is 0 Å². The molecule has 0 amide bonds. The molecule has 0 spiro atoms. The summed E-state index contributed by atoms with van der Waals surface area (Å²) in [4.78, 5) is 70.9. The summed E-state index contributed by atoms with van der Waals surface area (Å²) in [5.74, 6) is -2.18. The Labute approximate surface area is 409 Å². The molecule has 5 atom stereocenters. The second kappa shape index (κ2) is 45.0. The minimum Gasteiger partial charge on any atom is -0.462 e. The molecule has 0 aliphatic rings. The highest BCUT2D eigenvalue weighted by molar-refractivity contribution is 7.47. The number of ether oxygens (including phenoxy) is 4. The van der Waals surface area contributed by atoms with E-state index < -0.39 is 97.5 Å². The standard InChI is InChI=1S/C49H94O17P2/c1-5-9-13-17-20-21-22-25-28-32-36-49(54)65-44(39-59-46(51)33-29-16-12-8-4)41-63-67(55,56)61-37-43(50)38-62-68(57,58)64-42-45(66-48(53)35-31-27-24-19-15-11-7-3)40-60-47(52)34-30-26-23-18-14-10-6-2/h43-45,50H,5-42H2,1-4H3,(H,55,56)(H,57,58)/t43-,44+,45+/m0/s1. The molecule has 0 aliphatic carbocycles. The van der Waals surface area contributed by atoms with Crippen LogP contribution in [0.4, 0.5) is 0 Å². The molecule has 2 unspecified atom stereocenters. The van der Waals surface area contributed by atoms with Crippen LogP contribution >= 0.6 is 15.6 Å². The Morgan fingerprint density at radius 2 is 0.588 bits per heavy atom. The SMILES string of the molecule is CCCCCCCCCCCCC(=O)O[C@H](COC(=O)CCCCCC)COP(=O)(O)OC[C@H](O)COP(=O)(O)OC[C@@H](COC(=O)CCCCCCCCC)OC(=O)CCCCCCCCC. The van der Waals surface area contributed by atoms with Gasteiger partial charge in [0.25, 0.3) is 0 Å². The average molecular weight is 1020 g/mol. The van der Waals surface area contributed by atoms with Gasteiger partial charge in [0, 0.05) is 25.7 Å². The van der Waals surface area contributed by atoms with Crippen LogP contribution in [-0.2, 0) is 65.4 Å². The number of phosphoric acid groups is 2. The molecule has 0 rings (SSSR count). The Hall–Kier alpha value is -1.94. The van der Waals surface area contributed by atoms with Crippen LogP contribution in [0.1, 0.15) is 233 Å². The fraction of sp³-hybridized carbons (Fsp3) is 0.918. The molecule has 19 heteroatoms. The molecular formula is C49H94O17P2. The van der Waals surface area contributed by atoms with Crippen LogP contribution in [0.3, 0.4) is 0 Å². The summed E-state index contributed by atoms with van der Waals surface area (Å²) in [5, 5.41) is 10.4. The summed E-state index contributed by atoms with van der Waals surface area (Å²) in [6, 6.07) is 0. The molecular weight excluding hydrogens is 922 g/mol. The molecule has 0 radical (unpaired) electrons. The number of unbranched alkanes of at least 4 members (excludes halogenated alkanes) is 24. The van der Waals surface area contributed by atoms with Crippen molar-refractivity contribution in [2.75, 3.05) is 39.6 Å². The lowest BCUT2D eigenvalue weighted by Gasteiger charge is -2.21. The van der Waals surface area contributed by atoms with Crippen molar-refractivity contribution < 1.29 is 80.2 Å². The van der Waals surface area contributed by atoms with E-state index in [9.17, 15) is 43.2 Å². The van der Waals surface area contributed by atoms with Crippen LogP contribution in [0.15, 0.2) is 0 Å². The van der Waals surface area contributed by atoms with Crippen molar-refractivity contribution in [1.29, 1.82) is 0 Å². The fourth-order valence-corrected chi connectivity index (χ4v) is 8.56. The Kier molecular flexibility index (Phi) is 43.7. The zero-order valence-electron chi connectivity index (χ0n) is 42.6. The minimum atomic E-state index is -4.92. The van der Waals surface area contributed by atoms with Gasteiger partial charge in [0.05, 0.1) is 26.4 Å². The lowest BCUT2D eigenvalue weighted by atomic mass is 10.1. The first-order valence-corrected chi connectivity index (χ1v) is 29.3. The molecule has 68 heavy (non-hydrogen) atoms. The molecule has 402 valence electrons. The molecule has 17 nitrogen and oxygen atoms in total. The van der Waals surface area contributed by atoms with Gasteiger partial charge in [-0.05, 0) is 25.7 Å². The predicted molar refractivity (Wildman–Crippen MR) is 262 cm³/mol. The third kappa shape index (κ3) is 44.0. The van der Waals surface area contributed by atoms with Crippen LogP contribution in [0.5, 0.6) is 0 Å². The van der Waals surface area contributed by atoms with E-state index in [-0.39, 0.29) is 25.7 Å². The third-order valence-electron chi connectivity index (χ3n) is 11.1. The zero-order chi connectivity index (χ0) is 50.6. The summed E-state index contributed by atoms with van der Waals surface area (Å²) < 4.78 is 66.9. The van der Waals surface area contributed by atoms with Gasteiger partial charge in [-0.15, -0.1) is 0 Å². The van der Waals surface area contributed by atoms with Crippen LogP contribution in [0.2, 0.25) is 0 Å². The average Bonchev–Trinajstić information content (AvgIpc) is 3.30. The monoisotopic (exact) mass is 1020 g/mol. The number of hydrogen-bond acceptors (Lipinski definition) is 15. The van der Waals surface area contributed by atoms with E-state index >= 15 is 0 Å². The summed E-state index contributed by atoms with van der Waals surface area (Å²) in [7, 11) is -9.83. The minimum absolute atomic E-state index is 0.103.